The minimum absolute atomic E-state index is 0.00858. The van der Waals surface area contributed by atoms with Crippen LogP contribution >= 0.6 is 11.3 Å². The Hall–Kier alpha value is -2.22. The second-order valence-electron chi connectivity index (χ2n) is 4.57. The quantitative estimate of drug-likeness (QED) is 0.721. The van der Waals surface area contributed by atoms with E-state index in [1.807, 2.05) is 0 Å². The molecule has 0 spiro atoms. The molecule has 0 radical (unpaired) electrons. The molecule has 1 aromatic carbocycles. The highest BCUT2D eigenvalue weighted by Crippen LogP contribution is 2.31. The van der Waals surface area contributed by atoms with Crippen molar-refractivity contribution in [3.8, 4) is 0 Å². The second kappa shape index (κ2) is 5.20. The molecule has 0 unspecified atom stereocenters. The minimum Gasteiger partial charge on any atom is -0.307 e. The van der Waals surface area contributed by atoms with Crippen molar-refractivity contribution in [2.75, 3.05) is 0 Å². The van der Waals surface area contributed by atoms with Gasteiger partial charge >= 0.3 is 6.18 Å². The van der Waals surface area contributed by atoms with Crippen molar-refractivity contribution < 1.29 is 17.6 Å². The van der Waals surface area contributed by atoms with Crippen molar-refractivity contribution >= 4 is 21.6 Å². The third kappa shape index (κ3) is 2.61. The predicted molar refractivity (Wildman–Crippen MR) is 74.6 cm³/mol. The van der Waals surface area contributed by atoms with Crippen LogP contribution in [-0.4, -0.2) is 9.97 Å². The van der Waals surface area contributed by atoms with E-state index in [4.69, 9.17) is 0 Å². The van der Waals surface area contributed by atoms with E-state index in [2.05, 4.69) is 9.97 Å². The van der Waals surface area contributed by atoms with Crippen molar-refractivity contribution in [1.82, 2.24) is 9.97 Å². The fourth-order valence-electron chi connectivity index (χ4n) is 2.01. The molecule has 0 amide bonds. The van der Waals surface area contributed by atoms with Gasteiger partial charge in [0.05, 0.1) is 11.1 Å². The average molecular weight is 328 g/mol. The molecule has 0 bridgehead atoms. The lowest BCUT2D eigenvalue weighted by Gasteiger charge is -2.10. The number of H-pyrrole nitrogens is 1. The molecule has 0 saturated heterocycles. The summed E-state index contributed by atoms with van der Waals surface area (Å²) in [6.07, 6.45) is -6.29. The summed E-state index contributed by atoms with van der Waals surface area (Å²) in [5, 5.41) is 1.65. The van der Waals surface area contributed by atoms with E-state index in [1.54, 1.807) is 11.4 Å². The molecular weight excluding hydrogens is 320 g/mol. The molecule has 2 heterocycles. The van der Waals surface area contributed by atoms with Gasteiger partial charge in [0.2, 0.25) is 0 Å². The van der Waals surface area contributed by atoms with Gasteiger partial charge in [-0.1, -0.05) is 12.1 Å². The van der Waals surface area contributed by atoms with Crippen LogP contribution in [0.25, 0.3) is 10.2 Å². The first kappa shape index (κ1) is 14.7. The lowest BCUT2D eigenvalue weighted by Crippen LogP contribution is -2.13. The van der Waals surface area contributed by atoms with Crippen LogP contribution in [0.4, 0.5) is 17.6 Å². The molecule has 114 valence electrons. The van der Waals surface area contributed by atoms with Gasteiger partial charge in [-0.2, -0.15) is 13.2 Å². The molecule has 22 heavy (non-hydrogen) atoms. The molecule has 1 N–H and O–H groups in total. The van der Waals surface area contributed by atoms with E-state index in [0.29, 0.717) is 10.2 Å². The van der Waals surface area contributed by atoms with Gasteiger partial charge in [0.25, 0.3) is 5.56 Å². The first-order chi connectivity index (χ1) is 10.4. The fourth-order valence-corrected chi connectivity index (χ4v) is 2.74. The maximum absolute atomic E-state index is 14.4. The molecule has 0 fully saturated rings. The highest BCUT2D eigenvalue weighted by Gasteiger charge is 2.30. The number of nitrogens with one attached hydrogen (secondary N) is 1. The lowest BCUT2D eigenvalue weighted by atomic mass is 10.1. The summed E-state index contributed by atoms with van der Waals surface area (Å²) in [4.78, 5) is 18.1. The molecule has 2 aromatic heterocycles. The molecule has 3 nitrogen and oxygen atoms in total. The standard InChI is InChI=1S/C14H8F4N2OS/c15-10(7-1-3-8(4-2-7)14(16,17)18)12-19-9-5-6-22-11(9)13(21)20-12/h1-6,10H,(H,19,20,21)/t10-/m0/s1. The Labute approximate surface area is 125 Å². The highest BCUT2D eigenvalue weighted by atomic mass is 32.1. The van der Waals surface area contributed by atoms with Crippen molar-refractivity contribution in [2.24, 2.45) is 0 Å². The molecule has 1 atom stereocenters. The normalized spacial score (nSPS) is 13.5. The second-order valence-corrected chi connectivity index (χ2v) is 5.48. The number of fused-ring (bicyclic) bond motifs is 1. The Morgan fingerprint density at radius 3 is 2.45 bits per heavy atom. The number of hydrogen-bond acceptors (Lipinski definition) is 3. The maximum Gasteiger partial charge on any atom is 0.416 e. The van der Waals surface area contributed by atoms with Crippen LogP contribution in [0.2, 0.25) is 0 Å². The number of halogens is 4. The van der Waals surface area contributed by atoms with E-state index in [0.717, 1.165) is 24.3 Å². The molecule has 0 aliphatic heterocycles. The van der Waals surface area contributed by atoms with Crippen molar-refractivity contribution in [3.63, 3.8) is 0 Å². The van der Waals surface area contributed by atoms with Crippen LogP contribution in [0.5, 0.6) is 0 Å². The Morgan fingerprint density at radius 2 is 1.82 bits per heavy atom. The summed E-state index contributed by atoms with van der Waals surface area (Å²) in [5.41, 5.74) is -0.980. The average Bonchev–Trinajstić information content (AvgIpc) is 2.94. The van der Waals surface area contributed by atoms with Gasteiger partial charge in [-0.15, -0.1) is 11.3 Å². The molecule has 3 rings (SSSR count). The third-order valence-electron chi connectivity index (χ3n) is 3.10. The van der Waals surface area contributed by atoms with Gasteiger partial charge in [-0.05, 0) is 29.1 Å². The fraction of sp³-hybridized carbons (Fsp3) is 0.143. The smallest absolute Gasteiger partial charge is 0.307 e. The molecule has 8 heteroatoms. The zero-order valence-electron chi connectivity index (χ0n) is 10.8. The summed E-state index contributed by atoms with van der Waals surface area (Å²) in [7, 11) is 0. The van der Waals surface area contributed by atoms with Crippen LogP contribution in [0.1, 0.15) is 23.1 Å². The highest BCUT2D eigenvalue weighted by molar-refractivity contribution is 7.17. The first-order valence-electron chi connectivity index (χ1n) is 6.15. The first-order valence-corrected chi connectivity index (χ1v) is 7.03. The van der Waals surface area contributed by atoms with Gasteiger partial charge < -0.3 is 4.98 Å². The lowest BCUT2D eigenvalue weighted by molar-refractivity contribution is -0.137. The molecule has 3 aromatic rings. The van der Waals surface area contributed by atoms with Crippen molar-refractivity contribution in [3.05, 3.63) is 63.0 Å². The van der Waals surface area contributed by atoms with Gasteiger partial charge in [-0.25, -0.2) is 9.37 Å². The van der Waals surface area contributed by atoms with Crippen LogP contribution in [0.3, 0.4) is 0 Å². The van der Waals surface area contributed by atoms with E-state index < -0.39 is 23.5 Å². The van der Waals surface area contributed by atoms with Gasteiger partial charge in [0, 0.05) is 0 Å². The SMILES string of the molecule is O=c1[nH]c([C@@H](F)c2ccc(C(F)(F)F)cc2)nc2ccsc12. The molecule has 0 saturated carbocycles. The van der Waals surface area contributed by atoms with Crippen LogP contribution in [0, 0.1) is 0 Å². The molecule has 0 aliphatic carbocycles. The zero-order chi connectivity index (χ0) is 15.9. The number of aromatic nitrogens is 2. The van der Waals surface area contributed by atoms with E-state index in [1.165, 1.54) is 11.3 Å². The topological polar surface area (TPSA) is 45.8 Å². The van der Waals surface area contributed by atoms with Gasteiger partial charge in [0.1, 0.15) is 10.5 Å². The van der Waals surface area contributed by atoms with E-state index >= 15 is 0 Å². The van der Waals surface area contributed by atoms with Crippen molar-refractivity contribution in [2.45, 2.75) is 12.3 Å². The van der Waals surface area contributed by atoms with Crippen LogP contribution in [0.15, 0.2) is 40.5 Å². The Morgan fingerprint density at radius 1 is 1.14 bits per heavy atom. The molecule has 0 aliphatic rings. The number of benzene rings is 1. The zero-order valence-corrected chi connectivity index (χ0v) is 11.6. The summed E-state index contributed by atoms with van der Waals surface area (Å²) in [5.74, 6) is -0.226. The number of rotatable bonds is 2. The number of nitrogens with zero attached hydrogens (tertiary/aromatic N) is 1. The van der Waals surface area contributed by atoms with Crippen LogP contribution in [-0.2, 0) is 6.18 Å². The summed E-state index contributed by atoms with van der Waals surface area (Å²) < 4.78 is 52.2. The largest absolute Gasteiger partial charge is 0.416 e. The third-order valence-corrected chi connectivity index (χ3v) is 4.01. The summed E-state index contributed by atoms with van der Waals surface area (Å²) in [6.45, 7) is 0. The van der Waals surface area contributed by atoms with Crippen LogP contribution < -0.4 is 5.56 Å². The van der Waals surface area contributed by atoms with Gasteiger partial charge in [-0.3, -0.25) is 4.79 Å². The number of thiophene rings is 1. The minimum atomic E-state index is -4.48. The Balaban J connectivity index is 1.98. The Bertz CT molecular complexity index is 867. The van der Waals surface area contributed by atoms with E-state index in [9.17, 15) is 22.4 Å². The number of aromatic amines is 1. The van der Waals surface area contributed by atoms with Gasteiger partial charge in [0.15, 0.2) is 6.17 Å². The molecular formula is C14H8F4N2OS. The van der Waals surface area contributed by atoms with Crippen molar-refractivity contribution in [1.29, 1.82) is 0 Å². The number of hydrogen-bond donors (Lipinski definition) is 1. The summed E-state index contributed by atoms with van der Waals surface area (Å²) in [6, 6.07) is 5.24. The number of alkyl halides is 4. The monoisotopic (exact) mass is 328 g/mol. The Kier molecular flexibility index (Phi) is 3.48. The predicted octanol–water partition coefficient (Wildman–Crippen LogP) is 4.06. The van der Waals surface area contributed by atoms with E-state index in [-0.39, 0.29) is 11.4 Å². The maximum atomic E-state index is 14.4. The summed E-state index contributed by atoms with van der Waals surface area (Å²) >= 11 is 1.18.